The van der Waals surface area contributed by atoms with Gasteiger partial charge in [-0.3, -0.25) is 9.59 Å². The van der Waals surface area contributed by atoms with Crippen molar-refractivity contribution in [2.45, 2.75) is 45.2 Å². The molecule has 1 aliphatic heterocycles. The van der Waals surface area contributed by atoms with E-state index in [-0.39, 0.29) is 23.9 Å². The van der Waals surface area contributed by atoms with Crippen molar-refractivity contribution in [1.29, 1.82) is 0 Å². The van der Waals surface area contributed by atoms with E-state index in [1.807, 2.05) is 42.5 Å². The lowest BCUT2D eigenvalue weighted by Gasteiger charge is -2.31. The van der Waals surface area contributed by atoms with Crippen molar-refractivity contribution in [3.63, 3.8) is 0 Å². The molecule has 0 bridgehead atoms. The quantitative estimate of drug-likeness (QED) is 0.663. The molecule has 0 aromatic heterocycles. The Morgan fingerprint density at radius 2 is 1.66 bits per heavy atom. The standard InChI is InChI=1S/C25H31N3O4/c1-2-32-25(31)28-16-14-22(15-17-28)27-24(30)21-11-8-20(9-12-21)18-26-23(29)13-10-19-6-4-3-5-7-19/h3-9,11-12,22H,2,10,13-18H2,1H3,(H,26,29)(H,27,30). The topological polar surface area (TPSA) is 87.7 Å². The minimum Gasteiger partial charge on any atom is -0.450 e. The van der Waals surface area contributed by atoms with Crippen LogP contribution in [0.25, 0.3) is 0 Å². The molecule has 1 aliphatic rings. The summed E-state index contributed by atoms with van der Waals surface area (Å²) in [4.78, 5) is 38.1. The van der Waals surface area contributed by atoms with Gasteiger partial charge in [-0.05, 0) is 49.4 Å². The average Bonchev–Trinajstić information content (AvgIpc) is 2.83. The smallest absolute Gasteiger partial charge is 0.409 e. The molecular weight excluding hydrogens is 406 g/mol. The van der Waals surface area contributed by atoms with Gasteiger partial charge in [0.2, 0.25) is 5.91 Å². The van der Waals surface area contributed by atoms with Crippen molar-refractivity contribution in [2.75, 3.05) is 19.7 Å². The molecule has 0 aliphatic carbocycles. The first-order valence-electron chi connectivity index (χ1n) is 11.2. The number of nitrogens with one attached hydrogen (secondary N) is 2. The number of rotatable bonds is 8. The monoisotopic (exact) mass is 437 g/mol. The number of ether oxygens (including phenoxy) is 1. The van der Waals surface area contributed by atoms with Gasteiger partial charge < -0.3 is 20.3 Å². The maximum atomic E-state index is 12.5. The van der Waals surface area contributed by atoms with E-state index >= 15 is 0 Å². The van der Waals surface area contributed by atoms with E-state index in [0.29, 0.717) is 57.5 Å². The Kier molecular flexibility index (Phi) is 8.66. The Morgan fingerprint density at radius 1 is 0.969 bits per heavy atom. The average molecular weight is 438 g/mol. The zero-order valence-corrected chi connectivity index (χ0v) is 18.5. The lowest BCUT2D eigenvalue weighted by atomic mass is 10.0. The molecule has 3 rings (SSSR count). The van der Waals surface area contributed by atoms with Crippen LogP contribution in [0.4, 0.5) is 4.79 Å². The maximum Gasteiger partial charge on any atom is 0.409 e. The van der Waals surface area contributed by atoms with Crippen LogP contribution < -0.4 is 10.6 Å². The van der Waals surface area contributed by atoms with Gasteiger partial charge in [0.25, 0.3) is 5.91 Å². The third kappa shape index (κ3) is 7.11. The van der Waals surface area contributed by atoms with Crippen LogP contribution in [0, 0.1) is 0 Å². The number of likely N-dealkylation sites (tertiary alicyclic amines) is 1. The highest BCUT2D eigenvalue weighted by Crippen LogP contribution is 2.13. The SMILES string of the molecule is CCOC(=O)N1CCC(NC(=O)c2ccc(CNC(=O)CCc3ccccc3)cc2)CC1. The Hall–Kier alpha value is -3.35. The van der Waals surface area contributed by atoms with Crippen LogP contribution in [-0.2, 0) is 22.5 Å². The van der Waals surface area contributed by atoms with Gasteiger partial charge in [-0.2, -0.15) is 0 Å². The number of amides is 3. The molecule has 7 heteroatoms. The van der Waals surface area contributed by atoms with Gasteiger partial charge in [-0.15, -0.1) is 0 Å². The predicted octanol–water partition coefficient (Wildman–Crippen LogP) is 3.29. The van der Waals surface area contributed by atoms with Gasteiger partial charge >= 0.3 is 6.09 Å². The number of piperidine rings is 1. The van der Waals surface area contributed by atoms with Gasteiger partial charge in [0.15, 0.2) is 0 Å². The van der Waals surface area contributed by atoms with Crippen molar-refractivity contribution in [3.05, 3.63) is 71.3 Å². The molecule has 2 N–H and O–H groups in total. The van der Waals surface area contributed by atoms with Crippen LogP contribution in [0.5, 0.6) is 0 Å². The maximum absolute atomic E-state index is 12.5. The molecular formula is C25H31N3O4. The van der Waals surface area contributed by atoms with Crippen molar-refractivity contribution in [3.8, 4) is 0 Å². The Labute approximate surface area is 189 Å². The second-order valence-electron chi connectivity index (χ2n) is 7.89. The van der Waals surface area contributed by atoms with E-state index < -0.39 is 0 Å². The summed E-state index contributed by atoms with van der Waals surface area (Å²) in [6.45, 7) is 3.74. The zero-order chi connectivity index (χ0) is 22.8. The fourth-order valence-electron chi connectivity index (χ4n) is 3.66. The molecule has 0 atom stereocenters. The molecule has 0 unspecified atom stereocenters. The molecule has 170 valence electrons. The number of nitrogens with zero attached hydrogens (tertiary/aromatic N) is 1. The van der Waals surface area contributed by atoms with Crippen LogP contribution in [-0.4, -0.2) is 48.5 Å². The summed E-state index contributed by atoms with van der Waals surface area (Å²) >= 11 is 0. The van der Waals surface area contributed by atoms with E-state index in [0.717, 1.165) is 11.1 Å². The third-order valence-corrected chi connectivity index (χ3v) is 5.55. The molecule has 0 spiro atoms. The molecule has 2 aromatic carbocycles. The first-order chi connectivity index (χ1) is 15.5. The van der Waals surface area contributed by atoms with Gasteiger partial charge in [-0.25, -0.2) is 4.79 Å². The summed E-state index contributed by atoms with van der Waals surface area (Å²) < 4.78 is 5.02. The summed E-state index contributed by atoms with van der Waals surface area (Å²) in [5.74, 6) is -0.122. The van der Waals surface area contributed by atoms with Crippen molar-refractivity contribution in [2.24, 2.45) is 0 Å². The summed E-state index contributed by atoms with van der Waals surface area (Å²) in [7, 11) is 0. The predicted molar refractivity (Wildman–Crippen MR) is 122 cm³/mol. The highest BCUT2D eigenvalue weighted by Gasteiger charge is 2.24. The molecule has 7 nitrogen and oxygen atoms in total. The summed E-state index contributed by atoms with van der Waals surface area (Å²) in [6, 6.07) is 17.2. The van der Waals surface area contributed by atoms with Crippen molar-refractivity contribution >= 4 is 17.9 Å². The second-order valence-corrected chi connectivity index (χ2v) is 7.89. The number of aryl methyl sites for hydroxylation is 1. The summed E-state index contributed by atoms with van der Waals surface area (Å²) in [5.41, 5.74) is 2.67. The molecule has 32 heavy (non-hydrogen) atoms. The van der Waals surface area contributed by atoms with E-state index in [1.165, 1.54) is 0 Å². The number of carbonyl (C=O) groups excluding carboxylic acids is 3. The van der Waals surface area contributed by atoms with Crippen LogP contribution in [0.15, 0.2) is 54.6 Å². The van der Waals surface area contributed by atoms with Gasteiger partial charge in [-0.1, -0.05) is 42.5 Å². The van der Waals surface area contributed by atoms with E-state index in [4.69, 9.17) is 4.74 Å². The summed E-state index contributed by atoms with van der Waals surface area (Å²) in [5, 5.41) is 5.97. The zero-order valence-electron chi connectivity index (χ0n) is 18.5. The lowest BCUT2D eigenvalue weighted by Crippen LogP contribution is -2.46. The first-order valence-corrected chi connectivity index (χ1v) is 11.2. The molecule has 1 heterocycles. The number of hydrogen-bond acceptors (Lipinski definition) is 4. The molecule has 1 fully saturated rings. The molecule has 0 saturated carbocycles. The van der Waals surface area contributed by atoms with Crippen LogP contribution in [0.3, 0.4) is 0 Å². The summed E-state index contributed by atoms with van der Waals surface area (Å²) in [6.07, 6.45) is 2.28. The second kappa shape index (κ2) is 11.9. The van der Waals surface area contributed by atoms with Crippen molar-refractivity contribution < 1.29 is 19.1 Å². The van der Waals surface area contributed by atoms with Crippen LogP contribution in [0.2, 0.25) is 0 Å². The van der Waals surface area contributed by atoms with E-state index in [2.05, 4.69) is 10.6 Å². The lowest BCUT2D eigenvalue weighted by molar-refractivity contribution is -0.121. The van der Waals surface area contributed by atoms with Gasteiger partial charge in [0.05, 0.1) is 6.61 Å². The van der Waals surface area contributed by atoms with Crippen LogP contribution >= 0.6 is 0 Å². The molecule has 1 saturated heterocycles. The normalized spacial score (nSPS) is 14.0. The molecule has 2 aromatic rings. The van der Waals surface area contributed by atoms with Gasteiger partial charge in [0, 0.05) is 37.7 Å². The van der Waals surface area contributed by atoms with E-state index in [1.54, 1.807) is 24.0 Å². The van der Waals surface area contributed by atoms with Gasteiger partial charge in [0.1, 0.15) is 0 Å². The highest BCUT2D eigenvalue weighted by atomic mass is 16.6. The number of carbonyl (C=O) groups is 3. The Balaban J connectivity index is 1.39. The minimum absolute atomic E-state index is 0.00448. The fourth-order valence-corrected chi connectivity index (χ4v) is 3.66. The van der Waals surface area contributed by atoms with Crippen LogP contribution in [0.1, 0.15) is 47.7 Å². The fraction of sp³-hybridized carbons (Fsp3) is 0.400. The minimum atomic E-state index is -0.292. The molecule has 3 amide bonds. The van der Waals surface area contributed by atoms with E-state index in [9.17, 15) is 14.4 Å². The van der Waals surface area contributed by atoms with Crippen molar-refractivity contribution in [1.82, 2.24) is 15.5 Å². The largest absolute Gasteiger partial charge is 0.450 e. The number of hydrogen-bond donors (Lipinski definition) is 2. The first kappa shape index (κ1) is 23.3. The Bertz CT molecular complexity index is 891. The molecule has 0 radical (unpaired) electrons. The Morgan fingerprint density at radius 3 is 2.31 bits per heavy atom. The highest BCUT2D eigenvalue weighted by molar-refractivity contribution is 5.94. The number of benzene rings is 2. The third-order valence-electron chi connectivity index (χ3n) is 5.55.